The molecule has 6 rings (SSSR count). The van der Waals surface area contributed by atoms with Gasteiger partial charge in [0.05, 0.1) is 31.7 Å². The number of piperidine rings is 1. The van der Waals surface area contributed by atoms with Gasteiger partial charge in [0, 0.05) is 63.4 Å². The molecule has 4 atom stereocenters. The zero-order chi connectivity index (χ0) is 35.1. The highest BCUT2D eigenvalue weighted by Crippen LogP contribution is 2.49. The number of amides is 1. The summed E-state index contributed by atoms with van der Waals surface area (Å²) in [6.07, 6.45) is -0.364. The number of carboxylic acids is 1. The summed E-state index contributed by atoms with van der Waals surface area (Å²) in [6.45, 7) is -0.689. The molecular weight excluding hydrogens is 649 g/mol. The average molecular weight is 694 g/mol. The van der Waals surface area contributed by atoms with Gasteiger partial charge in [-0.2, -0.15) is 13.2 Å². The molecule has 1 N–H and O–H groups in total. The monoisotopic (exact) mass is 693 g/mol. The Balaban J connectivity index is 1.34. The second-order valence-electron chi connectivity index (χ2n) is 14.1. The SMILES string of the molecule is COC[C@@]1(F)CN(C(=O)[C@]2(F)CN(C3CCCC3)C[C@H]2c2ccc(OC)cc2)C[C@@H]1c1ccc(C(F)(F)F)cc1N1CCC(C(=O)O)CC1. The molecule has 0 radical (unpaired) electrons. The fourth-order valence-electron chi connectivity index (χ4n) is 8.53. The first-order chi connectivity index (χ1) is 23.3. The molecule has 13 heteroatoms. The highest BCUT2D eigenvalue weighted by Gasteiger charge is 2.60. The van der Waals surface area contributed by atoms with Crippen molar-refractivity contribution in [3.05, 3.63) is 59.2 Å². The number of aliphatic carboxylic acids is 1. The van der Waals surface area contributed by atoms with Gasteiger partial charge in [-0.25, -0.2) is 8.78 Å². The fourth-order valence-corrected chi connectivity index (χ4v) is 8.53. The van der Waals surface area contributed by atoms with Crippen LogP contribution < -0.4 is 9.64 Å². The van der Waals surface area contributed by atoms with Crippen LogP contribution in [0.3, 0.4) is 0 Å². The summed E-state index contributed by atoms with van der Waals surface area (Å²) in [4.78, 5) is 30.9. The fraction of sp³-hybridized carbons (Fsp3) is 0.611. The third kappa shape index (κ3) is 6.85. The molecule has 268 valence electrons. The lowest BCUT2D eigenvalue weighted by molar-refractivity contribution is -0.144. The van der Waals surface area contributed by atoms with Gasteiger partial charge in [-0.15, -0.1) is 0 Å². The maximum absolute atomic E-state index is 17.6. The van der Waals surface area contributed by atoms with E-state index in [0.717, 1.165) is 37.8 Å². The highest BCUT2D eigenvalue weighted by molar-refractivity contribution is 5.88. The van der Waals surface area contributed by atoms with Gasteiger partial charge in [0.15, 0.2) is 5.67 Å². The zero-order valence-corrected chi connectivity index (χ0v) is 27.9. The molecule has 2 aromatic rings. The number of nitrogens with zero attached hydrogens (tertiary/aromatic N) is 3. The summed E-state index contributed by atoms with van der Waals surface area (Å²) in [5.41, 5.74) is -4.51. The van der Waals surface area contributed by atoms with Crippen LogP contribution in [0.1, 0.15) is 67.1 Å². The Bertz CT molecular complexity index is 1510. The van der Waals surface area contributed by atoms with Gasteiger partial charge >= 0.3 is 12.1 Å². The molecule has 0 unspecified atom stereocenters. The summed E-state index contributed by atoms with van der Waals surface area (Å²) in [5, 5.41) is 9.48. The van der Waals surface area contributed by atoms with Gasteiger partial charge in [-0.3, -0.25) is 14.5 Å². The molecule has 1 aliphatic carbocycles. The molecule has 0 spiro atoms. The number of carbonyl (C=O) groups excluding carboxylic acids is 1. The smallest absolute Gasteiger partial charge is 0.416 e. The molecule has 4 fully saturated rings. The van der Waals surface area contributed by atoms with E-state index in [1.54, 1.807) is 29.2 Å². The topological polar surface area (TPSA) is 82.6 Å². The Morgan fingerprint density at radius 1 is 0.918 bits per heavy atom. The van der Waals surface area contributed by atoms with Crippen molar-refractivity contribution in [1.29, 1.82) is 0 Å². The van der Waals surface area contributed by atoms with E-state index in [4.69, 9.17) is 9.47 Å². The Morgan fingerprint density at radius 3 is 2.18 bits per heavy atom. The van der Waals surface area contributed by atoms with Gasteiger partial charge in [0.25, 0.3) is 5.91 Å². The summed E-state index contributed by atoms with van der Waals surface area (Å²) in [5.74, 6) is -3.80. The number of methoxy groups -OCH3 is 2. The maximum atomic E-state index is 17.6. The molecule has 0 bridgehead atoms. The summed E-state index contributed by atoms with van der Waals surface area (Å²) < 4.78 is 87.2. The van der Waals surface area contributed by atoms with E-state index in [0.29, 0.717) is 17.9 Å². The summed E-state index contributed by atoms with van der Waals surface area (Å²) in [7, 11) is 2.84. The molecule has 49 heavy (non-hydrogen) atoms. The first-order valence-electron chi connectivity index (χ1n) is 17.0. The minimum absolute atomic E-state index is 0.135. The Kier molecular flexibility index (Phi) is 9.89. The van der Waals surface area contributed by atoms with Gasteiger partial charge in [0.1, 0.15) is 5.75 Å². The van der Waals surface area contributed by atoms with E-state index < -0.39 is 65.9 Å². The number of hydrogen-bond acceptors (Lipinski definition) is 6. The van der Waals surface area contributed by atoms with Crippen LogP contribution in [0.25, 0.3) is 0 Å². The standard InChI is InChI=1S/C36H44F5N3O5/c1-48-22-34(37)20-44(19-30(34)28-12-9-25(36(39,40)41)17-31(28)42-15-13-24(14-16-42)32(45)46)33(47)35(38)21-43(26-5-3-4-6-26)18-29(35)23-7-10-27(49-2)11-8-23/h7-12,17,24,26,29-30H,3-6,13-16,18-22H2,1-2H3,(H,45,46)/t29-,30+,34-,35-/m0/s1. The van der Waals surface area contributed by atoms with Crippen LogP contribution in [0, 0.1) is 5.92 Å². The first kappa shape index (κ1) is 35.4. The average Bonchev–Trinajstić information content (AvgIpc) is 3.82. The van der Waals surface area contributed by atoms with Crippen LogP contribution >= 0.6 is 0 Å². The van der Waals surface area contributed by atoms with Crippen molar-refractivity contribution in [3.8, 4) is 5.75 Å². The second kappa shape index (κ2) is 13.7. The first-order valence-corrected chi connectivity index (χ1v) is 17.0. The molecule has 1 amide bonds. The van der Waals surface area contributed by atoms with Crippen LogP contribution in [-0.2, 0) is 20.5 Å². The van der Waals surface area contributed by atoms with E-state index in [2.05, 4.69) is 0 Å². The van der Waals surface area contributed by atoms with Crippen LogP contribution in [0.4, 0.5) is 27.6 Å². The number of carbonyl (C=O) groups is 2. The molecule has 8 nitrogen and oxygen atoms in total. The Morgan fingerprint density at radius 2 is 1.59 bits per heavy atom. The maximum Gasteiger partial charge on any atom is 0.416 e. The number of alkyl halides is 5. The van der Waals surface area contributed by atoms with Crippen LogP contribution in [0.15, 0.2) is 42.5 Å². The molecule has 0 aromatic heterocycles. The predicted molar refractivity (Wildman–Crippen MR) is 172 cm³/mol. The van der Waals surface area contributed by atoms with Crippen molar-refractivity contribution in [2.45, 2.75) is 73.9 Å². The lowest BCUT2D eigenvalue weighted by atomic mass is 9.84. The van der Waals surface area contributed by atoms with Crippen molar-refractivity contribution in [2.24, 2.45) is 5.92 Å². The van der Waals surface area contributed by atoms with Gasteiger partial charge in [0.2, 0.25) is 5.67 Å². The van der Waals surface area contributed by atoms with Gasteiger partial charge < -0.3 is 24.4 Å². The van der Waals surface area contributed by atoms with Crippen LogP contribution in [0.2, 0.25) is 0 Å². The Labute approximate surface area is 283 Å². The number of carboxylic acid groups (broad SMARTS) is 1. The van der Waals surface area contributed by atoms with Crippen molar-refractivity contribution in [3.63, 3.8) is 0 Å². The molecule has 3 saturated heterocycles. The quantitative estimate of drug-likeness (QED) is 0.321. The molecule has 2 aromatic carbocycles. The highest BCUT2D eigenvalue weighted by atomic mass is 19.4. The number of halogens is 5. The van der Waals surface area contributed by atoms with E-state index in [1.807, 2.05) is 4.90 Å². The van der Waals surface area contributed by atoms with Crippen molar-refractivity contribution >= 4 is 17.6 Å². The minimum Gasteiger partial charge on any atom is -0.497 e. The number of rotatable bonds is 9. The number of benzene rings is 2. The van der Waals surface area contributed by atoms with Gasteiger partial charge in [-0.05, 0) is 61.1 Å². The zero-order valence-electron chi connectivity index (χ0n) is 27.9. The van der Waals surface area contributed by atoms with Crippen molar-refractivity contribution < 1.29 is 46.1 Å². The van der Waals surface area contributed by atoms with Gasteiger partial charge in [-0.1, -0.05) is 31.0 Å². The predicted octanol–water partition coefficient (Wildman–Crippen LogP) is 6.05. The van der Waals surface area contributed by atoms with E-state index in [9.17, 15) is 27.9 Å². The summed E-state index contributed by atoms with van der Waals surface area (Å²) >= 11 is 0. The molecule has 3 aliphatic heterocycles. The lowest BCUT2D eigenvalue weighted by Gasteiger charge is -2.36. The lowest BCUT2D eigenvalue weighted by Crippen LogP contribution is -2.51. The second-order valence-corrected chi connectivity index (χ2v) is 14.1. The molecular formula is C36H44F5N3O5. The van der Waals surface area contributed by atoms with Crippen LogP contribution in [-0.4, -0.2) is 104 Å². The molecule has 4 aliphatic rings. The van der Waals surface area contributed by atoms with Crippen molar-refractivity contribution in [2.75, 3.05) is 65.0 Å². The summed E-state index contributed by atoms with van der Waals surface area (Å²) in [6, 6.07) is 10.2. The molecule has 1 saturated carbocycles. The van der Waals surface area contributed by atoms with E-state index in [1.165, 1.54) is 25.2 Å². The number of likely N-dealkylation sites (tertiary alicyclic amines) is 2. The van der Waals surface area contributed by atoms with E-state index >= 15 is 8.78 Å². The molecule has 3 heterocycles. The minimum atomic E-state index is -4.67. The third-order valence-corrected chi connectivity index (χ3v) is 11.2. The number of anilines is 1. The van der Waals surface area contributed by atoms with Crippen LogP contribution in [0.5, 0.6) is 5.75 Å². The largest absolute Gasteiger partial charge is 0.497 e. The Hall–Kier alpha value is -3.45. The van der Waals surface area contributed by atoms with Crippen molar-refractivity contribution in [1.82, 2.24) is 9.80 Å². The number of ether oxygens (including phenoxy) is 2. The normalized spacial score (nSPS) is 28.8. The third-order valence-electron chi connectivity index (χ3n) is 11.2. The number of hydrogen-bond donors (Lipinski definition) is 1. The van der Waals surface area contributed by atoms with E-state index in [-0.39, 0.29) is 56.3 Å².